The molecule has 3 nitrogen and oxygen atoms in total. The zero-order chi connectivity index (χ0) is 12.4. The number of rotatable bonds is 2. The van der Waals surface area contributed by atoms with Crippen molar-refractivity contribution in [2.24, 2.45) is 0 Å². The van der Waals surface area contributed by atoms with Crippen molar-refractivity contribution in [2.45, 2.75) is 19.4 Å². The molecule has 1 aliphatic heterocycles. The second kappa shape index (κ2) is 5.07. The molecule has 0 aromatic heterocycles. The van der Waals surface area contributed by atoms with Crippen LogP contribution in [-0.4, -0.2) is 37.0 Å². The van der Waals surface area contributed by atoms with Crippen LogP contribution in [0, 0.1) is 6.92 Å². The van der Waals surface area contributed by atoms with Gasteiger partial charge in [0.15, 0.2) is 0 Å². The number of nitrogens with zero attached hydrogens (tertiary/aromatic N) is 1. The molecule has 0 saturated carbocycles. The molecule has 1 aromatic rings. The lowest BCUT2D eigenvalue weighted by Crippen LogP contribution is -2.33. The van der Waals surface area contributed by atoms with Gasteiger partial charge in [0, 0.05) is 29.7 Å². The van der Waals surface area contributed by atoms with E-state index in [1.165, 1.54) is 0 Å². The Labute approximate surface area is 107 Å². The summed E-state index contributed by atoms with van der Waals surface area (Å²) in [5, 5.41) is 3.85. The van der Waals surface area contributed by atoms with Crippen LogP contribution in [0.5, 0.6) is 0 Å². The third-order valence-electron chi connectivity index (χ3n) is 3.30. The second-order valence-corrected chi connectivity index (χ2v) is 4.90. The van der Waals surface area contributed by atoms with Crippen molar-refractivity contribution in [3.05, 3.63) is 34.3 Å². The summed E-state index contributed by atoms with van der Waals surface area (Å²) in [7, 11) is 1.93. The van der Waals surface area contributed by atoms with Gasteiger partial charge in [-0.2, -0.15) is 0 Å². The molecular weight excluding hydrogens is 236 g/mol. The van der Waals surface area contributed by atoms with Gasteiger partial charge in [0.2, 0.25) is 0 Å². The average Bonchev–Trinajstić information content (AvgIpc) is 2.80. The molecule has 1 N–H and O–H groups in total. The number of hydrogen-bond donors (Lipinski definition) is 1. The number of carbonyl (C=O) groups excluding carboxylic acids is 1. The predicted octanol–water partition coefficient (Wildman–Crippen LogP) is 2.08. The van der Waals surface area contributed by atoms with Crippen LogP contribution in [0.3, 0.4) is 0 Å². The zero-order valence-electron chi connectivity index (χ0n) is 10.2. The topological polar surface area (TPSA) is 32.3 Å². The fourth-order valence-corrected chi connectivity index (χ4v) is 2.27. The van der Waals surface area contributed by atoms with Gasteiger partial charge in [-0.1, -0.05) is 17.7 Å². The molecule has 1 aromatic carbocycles. The first kappa shape index (κ1) is 12.4. The van der Waals surface area contributed by atoms with Crippen LogP contribution < -0.4 is 5.32 Å². The number of amides is 1. The molecule has 1 aliphatic rings. The zero-order valence-corrected chi connectivity index (χ0v) is 10.9. The van der Waals surface area contributed by atoms with Crippen LogP contribution in [-0.2, 0) is 0 Å². The number of carbonyl (C=O) groups is 1. The summed E-state index contributed by atoms with van der Waals surface area (Å²) in [6, 6.07) is 5.91. The van der Waals surface area contributed by atoms with Crippen molar-refractivity contribution in [2.75, 3.05) is 20.1 Å². The van der Waals surface area contributed by atoms with Gasteiger partial charge in [0.05, 0.1) is 0 Å². The van der Waals surface area contributed by atoms with Crippen molar-refractivity contribution in [3.8, 4) is 0 Å². The van der Waals surface area contributed by atoms with E-state index in [1.807, 2.05) is 31.0 Å². The minimum absolute atomic E-state index is 0.0738. The van der Waals surface area contributed by atoms with Crippen molar-refractivity contribution in [1.82, 2.24) is 10.2 Å². The largest absolute Gasteiger partial charge is 0.337 e. The first-order chi connectivity index (χ1) is 8.11. The van der Waals surface area contributed by atoms with Crippen LogP contribution in [0.4, 0.5) is 0 Å². The Balaban J connectivity index is 2.12. The Hall–Kier alpha value is -1.06. The van der Waals surface area contributed by atoms with Gasteiger partial charge in [0.1, 0.15) is 0 Å². The van der Waals surface area contributed by atoms with Crippen LogP contribution >= 0.6 is 11.6 Å². The number of nitrogens with one attached hydrogen (secondary N) is 1. The fourth-order valence-electron chi connectivity index (χ4n) is 2.09. The number of aryl methyl sites for hydroxylation is 1. The summed E-state index contributed by atoms with van der Waals surface area (Å²) in [6.07, 6.45) is 1.02. The van der Waals surface area contributed by atoms with Crippen LogP contribution in [0.1, 0.15) is 22.3 Å². The van der Waals surface area contributed by atoms with E-state index >= 15 is 0 Å². The molecule has 92 valence electrons. The molecule has 1 saturated heterocycles. The van der Waals surface area contributed by atoms with Gasteiger partial charge in [-0.3, -0.25) is 4.79 Å². The third-order valence-corrected chi connectivity index (χ3v) is 3.71. The van der Waals surface area contributed by atoms with Gasteiger partial charge in [-0.25, -0.2) is 0 Å². The Bertz CT molecular complexity index is 433. The number of halogens is 1. The van der Waals surface area contributed by atoms with Gasteiger partial charge < -0.3 is 10.2 Å². The Morgan fingerprint density at radius 1 is 1.53 bits per heavy atom. The van der Waals surface area contributed by atoms with E-state index in [9.17, 15) is 4.79 Å². The number of hydrogen-bond acceptors (Lipinski definition) is 2. The number of likely N-dealkylation sites (N-methyl/N-ethyl adjacent to an activating group) is 1. The molecule has 1 heterocycles. The molecule has 0 aliphatic carbocycles. The van der Waals surface area contributed by atoms with Gasteiger partial charge in [-0.05, 0) is 38.1 Å². The lowest BCUT2D eigenvalue weighted by atomic mass is 10.1. The standard InChI is InChI=1S/C13H17ClN2O/c1-9-3-4-10(7-12(9)14)13(17)16-6-5-11(8-16)15-2/h3-4,7,11,15H,5-6,8H2,1-2H3. The van der Waals surface area contributed by atoms with E-state index in [4.69, 9.17) is 11.6 Å². The minimum atomic E-state index is 0.0738. The summed E-state index contributed by atoms with van der Waals surface area (Å²) in [5.41, 5.74) is 1.68. The lowest BCUT2D eigenvalue weighted by Gasteiger charge is -2.16. The fraction of sp³-hybridized carbons (Fsp3) is 0.462. The van der Waals surface area contributed by atoms with E-state index in [2.05, 4.69) is 5.32 Å². The van der Waals surface area contributed by atoms with Crippen LogP contribution in [0.15, 0.2) is 18.2 Å². The van der Waals surface area contributed by atoms with E-state index in [0.29, 0.717) is 16.6 Å². The van der Waals surface area contributed by atoms with Crippen molar-refractivity contribution in [1.29, 1.82) is 0 Å². The van der Waals surface area contributed by atoms with Crippen LogP contribution in [0.2, 0.25) is 5.02 Å². The Kier molecular flexibility index (Phi) is 3.69. The maximum absolute atomic E-state index is 12.2. The highest BCUT2D eigenvalue weighted by Gasteiger charge is 2.25. The maximum Gasteiger partial charge on any atom is 0.253 e. The van der Waals surface area contributed by atoms with Crippen LogP contribution in [0.25, 0.3) is 0 Å². The predicted molar refractivity (Wildman–Crippen MR) is 69.6 cm³/mol. The first-order valence-electron chi connectivity index (χ1n) is 5.84. The molecule has 0 spiro atoms. The van der Waals surface area contributed by atoms with Crippen molar-refractivity contribution >= 4 is 17.5 Å². The van der Waals surface area contributed by atoms with Crippen molar-refractivity contribution in [3.63, 3.8) is 0 Å². The van der Waals surface area contributed by atoms with E-state index in [1.54, 1.807) is 6.07 Å². The highest BCUT2D eigenvalue weighted by atomic mass is 35.5. The average molecular weight is 253 g/mol. The highest BCUT2D eigenvalue weighted by Crippen LogP contribution is 2.19. The number of likely N-dealkylation sites (tertiary alicyclic amines) is 1. The summed E-state index contributed by atoms with van der Waals surface area (Å²) < 4.78 is 0. The monoisotopic (exact) mass is 252 g/mol. The minimum Gasteiger partial charge on any atom is -0.337 e. The van der Waals surface area contributed by atoms with Crippen molar-refractivity contribution < 1.29 is 4.79 Å². The molecule has 1 fully saturated rings. The Morgan fingerprint density at radius 2 is 2.29 bits per heavy atom. The molecule has 2 rings (SSSR count). The lowest BCUT2D eigenvalue weighted by molar-refractivity contribution is 0.0789. The summed E-state index contributed by atoms with van der Waals surface area (Å²) in [4.78, 5) is 14.1. The van der Waals surface area contributed by atoms with Gasteiger partial charge in [-0.15, -0.1) is 0 Å². The second-order valence-electron chi connectivity index (χ2n) is 4.49. The molecular formula is C13H17ClN2O. The molecule has 1 atom stereocenters. The summed E-state index contributed by atoms with van der Waals surface area (Å²) in [5.74, 6) is 0.0738. The number of benzene rings is 1. The SMILES string of the molecule is CNC1CCN(C(=O)c2ccc(C)c(Cl)c2)C1. The molecule has 0 radical (unpaired) electrons. The third kappa shape index (κ3) is 2.61. The Morgan fingerprint density at radius 3 is 2.88 bits per heavy atom. The quantitative estimate of drug-likeness (QED) is 0.874. The maximum atomic E-state index is 12.2. The van der Waals surface area contributed by atoms with Gasteiger partial charge in [0.25, 0.3) is 5.91 Å². The summed E-state index contributed by atoms with van der Waals surface area (Å²) >= 11 is 6.04. The molecule has 4 heteroatoms. The van der Waals surface area contributed by atoms with E-state index < -0.39 is 0 Å². The smallest absolute Gasteiger partial charge is 0.253 e. The highest BCUT2D eigenvalue weighted by molar-refractivity contribution is 6.31. The summed E-state index contributed by atoms with van der Waals surface area (Å²) in [6.45, 7) is 3.53. The molecule has 17 heavy (non-hydrogen) atoms. The van der Waals surface area contributed by atoms with E-state index in [0.717, 1.165) is 25.1 Å². The first-order valence-corrected chi connectivity index (χ1v) is 6.22. The van der Waals surface area contributed by atoms with E-state index in [-0.39, 0.29) is 5.91 Å². The molecule has 1 amide bonds. The molecule has 1 unspecified atom stereocenters. The normalized spacial score (nSPS) is 19.7. The van der Waals surface area contributed by atoms with Gasteiger partial charge >= 0.3 is 0 Å². The molecule has 0 bridgehead atoms.